The van der Waals surface area contributed by atoms with Crippen LogP contribution in [0.25, 0.3) is 0 Å². The van der Waals surface area contributed by atoms with Gasteiger partial charge in [0.2, 0.25) is 35.4 Å². The number of aliphatic carboxylic acids is 2. The topological polar surface area (TPSA) is 418 Å². The summed E-state index contributed by atoms with van der Waals surface area (Å²) in [6.45, 7) is -0.454. The molecule has 6 amide bonds. The van der Waals surface area contributed by atoms with Crippen molar-refractivity contribution in [1.82, 2.24) is 26.6 Å². The summed E-state index contributed by atoms with van der Waals surface area (Å²) in [7, 11) is 0. The fraction of sp³-hybridized carbons (Fsp3) is 0.655. The fourth-order valence-corrected chi connectivity index (χ4v) is 4.84. The second-order valence-corrected chi connectivity index (χ2v) is 12.6. The lowest BCUT2D eigenvalue weighted by atomic mass is 10.1. The van der Waals surface area contributed by atoms with Crippen molar-refractivity contribution in [2.45, 2.75) is 88.0 Å². The maximum atomic E-state index is 13.6. The number of carbonyl (C=O) groups is 8. The Morgan fingerprint density at radius 3 is 1.55 bits per heavy atom. The highest BCUT2D eigenvalue weighted by molar-refractivity contribution is 7.98. The Hall–Kier alpha value is -5.39. The van der Waals surface area contributed by atoms with Gasteiger partial charge in [0.25, 0.3) is 0 Å². The third-order valence-electron chi connectivity index (χ3n) is 7.14. The van der Waals surface area contributed by atoms with Crippen molar-refractivity contribution in [3.05, 3.63) is 0 Å². The van der Waals surface area contributed by atoms with Crippen LogP contribution in [0.2, 0.25) is 0 Å². The molecule has 53 heavy (non-hydrogen) atoms. The molecule has 0 unspecified atom stereocenters. The van der Waals surface area contributed by atoms with Crippen LogP contribution in [0, 0.1) is 0 Å². The molecule has 0 bridgehead atoms. The predicted molar refractivity (Wildman–Crippen MR) is 194 cm³/mol. The maximum absolute atomic E-state index is 13.6. The number of amides is 6. The first-order valence-electron chi connectivity index (χ1n) is 16.4. The van der Waals surface area contributed by atoms with E-state index >= 15 is 0 Å². The van der Waals surface area contributed by atoms with Crippen molar-refractivity contribution >= 4 is 71.1 Å². The van der Waals surface area contributed by atoms with Crippen molar-refractivity contribution in [2.24, 2.45) is 44.4 Å². The van der Waals surface area contributed by atoms with E-state index < -0.39 is 84.1 Å². The average Bonchev–Trinajstić information content (AvgIpc) is 3.07. The molecule has 0 spiro atoms. The monoisotopic (exact) mass is 775 g/mol. The highest BCUT2D eigenvalue weighted by atomic mass is 32.2. The molecule has 0 aromatic heterocycles. The largest absolute Gasteiger partial charge is 0.481 e. The Balaban J connectivity index is 5.99. The second-order valence-electron chi connectivity index (χ2n) is 11.6. The summed E-state index contributed by atoms with van der Waals surface area (Å²) in [5, 5.41) is 30.5. The second kappa shape index (κ2) is 26.4. The van der Waals surface area contributed by atoms with Crippen molar-refractivity contribution in [3.8, 4) is 0 Å². The number of hydrogen-bond acceptors (Lipinski definition) is 12. The summed E-state index contributed by atoms with van der Waals surface area (Å²) >= 11 is 1.35. The van der Waals surface area contributed by atoms with Gasteiger partial charge in [-0.05, 0) is 57.0 Å². The number of aliphatic imine (C=N–C) groups is 2. The van der Waals surface area contributed by atoms with E-state index in [0.717, 1.165) is 0 Å². The molecule has 0 aliphatic carbocycles. The molecular formula is C29H53N13O10S. The van der Waals surface area contributed by atoms with E-state index in [9.17, 15) is 43.5 Å². The van der Waals surface area contributed by atoms with E-state index in [4.69, 9.17) is 39.5 Å². The van der Waals surface area contributed by atoms with Gasteiger partial charge >= 0.3 is 11.9 Å². The van der Waals surface area contributed by atoms with Crippen molar-refractivity contribution in [2.75, 3.05) is 31.6 Å². The Labute approximate surface area is 310 Å². The quantitative estimate of drug-likeness (QED) is 0.0200. The zero-order chi connectivity index (χ0) is 40.5. The number of carboxylic acid groups (broad SMARTS) is 2. The van der Waals surface area contributed by atoms with E-state index in [0.29, 0.717) is 5.75 Å². The number of nitrogens with two attached hydrogens (primary N) is 6. The van der Waals surface area contributed by atoms with Gasteiger partial charge in [-0.2, -0.15) is 11.8 Å². The van der Waals surface area contributed by atoms with Crippen molar-refractivity contribution < 1.29 is 48.6 Å². The first kappa shape index (κ1) is 47.6. The average molecular weight is 776 g/mol. The van der Waals surface area contributed by atoms with Crippen LogP contribution in [0.15, 0.2) is 9.98 Å². The molecule has 0 heterocycles. The van der Waals surface area contributed by atoms with Gasteiger partial charge in [-0.3, -0.25) is 43.5 Å². The molecule has 0 fully saturated rings. The normalized spacial score (nSPS) is 13.4. The summed E-state index contributed by atoms with van der Waals surface area (Å²) in [6, 6.07) is -6.63. The molecule has 0 aliphatic rings. The van der Waals surface area contributed by atoms with Gasteiger partial charge in [0.15, 0.2) is 11.9 Å². The highest BCUT2D eigenvalue weighted by Crippen LogP contribution is 2.08. The zero-order valence-corrected chi connectivity index (χ0v) is 30.3. The van der Waals surface area contributed by atoms with Gasteiger partial charge in [-0.15, -0.1) is 0 Å². The minimum atomic E-state index is -1.46. The molecule has 0 rings (SSSR count). The molecule has 0 aromatic rings. The lowest BCUT2D eigenvalue weighted by Gasteiger charge is -2.26. The van der Waals surface area contributed by atoms with Gasteiger partial charge in [0.1, 0.15) is 24.2 Å². The first-order chi connectivity index (χ1) is 24.9. The summed E-state index contributed by atoms with van der Waals surface area (Å²) in [5.41, 5.74) is 32.2. The van der Waals surface area contributed by atoms with Gasteiger partial charge < -0.3 is 71.2 Å². The third-order valence-corrected chi connectivity index (χ3v) is 7.79. The number of carboxylic acids is 2. The SMILES string of the molecule is CSCC[C@H](NC(=O)CNC(=O)[C@@H](N)CCC(=O)O)C(=O)N[C@@H](CCC(N)=O)C(=O)N[C@@H](CCCN=C(N)N)C(=O)N[C@@H](CCCN=C(N)N)C(=O)O. The number of primary amides is 1. The van der Waals surface area contributed by atoms with Crippen LogP contribution in [0.3, 0.4) is 0 Å². The number of thioether (sulfide) groups is 1. The molecule has 0 radical (unpaired) electrons. The molecular weight excluding hydrogens is 722 g/mol. The lowest BCUT2D eigenvalue weighted by molar-refractivity contribution is -0.142. The summed E-state index contributed by atoms with van der Waals surface area (Å²) < 4.78 is 0. The molecule has 24 heteroatoms. The number of guanidine groups is 2. The van der Waals surface area contributed by atoms with Crippen LogP contribution in [0.4, 0.5) is 0 Å². The standard InChI is InChI=1S/C29H53N13O10S/c1-53-13-10-18(39-21(44)14-38-23(47)15(30)6-9-22(45)46)26(50)41-17(7-8-20(31)43)25(49)40-16(4-2-11-36-28(32)33)24(48)42-19(27(51)52)5-3-12-37-29(34)35/h15-19H,2-14,30H2,1H3,(H2,31,43)(H,38,47)(H,39,44)(H,40,49)(H,41,50)(H,42,48)(H,45,46)(H,51,52)(H4,32,33,36)(H4,34,35,37)/t15-,16-,17-,18-,19-/m0/s1. The van der Waals surface area contributed by atoms with Crippen LogP contribution in [0.1, 0.15) is 57.8 Å². The van der Waals surface area contributed by atoms with Crippen molar-refractivity contribution in [3.63, 3.8) is 0 Å². The fourth-order valence-electron chi connectivity index (χ4n) is 4.36. The Bertz CT molecular complexity index is 1330. The number of hydrogen-bond donors (Lipinski definition) is 13. The summed E-state index contributed by atoms with van der Waals surface area (Å²) in [6.07, 6.45) is 0.807. The molecule has 23 nitrogen and oxygen atoms in total. The van der Waals surface area contributed by atoms with Gasteiger partial charge in [0.05, 0.1) is 12.6 Å². The smallest absolute Gasteiger partial charge is 0.326 e. The van der Waals surface area contributed by atoms with Crippen LogP contribution in [0.5, 0.6) is 0 Å². The number of nitrogens with one attached hydrogen (secondary N) is 5. The van der Waals surface area contributed by atoms with E-state index in [1.54, 1.807) is 6.26 Å². The first-order valence-corrected chi connectivity index (χ1v) is 17.8. The van der Waals surface area contributed by atoms with Gasteiger partial charge in [-0.25, -0.2) is 4.79 Å². The lowest BCUT2D eigenvalue weighted by Crippen LogP contribution is -2.58. The van der Waals surface area contributed by atoms with Gasteiger partial charge in [-0.1, -0.05) is 0 Å². The molecule has 300 valence electrons. The van der Waals surface area contributed by atoms with E-state index in [1.165, 1.54) is 11.8 Å². The molecule has 19 N–H and O–H groups in total. The van der Waals surface area contributed by atoms with Crippen molar-refractivity contribution in [1.29, 1.82) is 0 Å². The number of carbonyl (C=O) groups excluding carboxylic acids is 6. The minimum Gasteiger partial charge on any atom is -0.481 e. The Morgan fingerprint density at radius 2 is 1.09 bits per heavy atom. The minimum absolute atomic E-state index is 0.0518. The molecule has 0 saturated carbocycles. The third kappa shape index (κ3) is 22.9. The number of rotatable bonds is 28. The number of nitrogens with zero attached hydrogens (tertiary/aromatic N) is 2. The predicted octanol–water partition coefficient (Wildman–Crippen LogP) is -5.56. The molecule has 5 atom stereocenters. The van der Waals surface area contributed by atoms with Crippen LogP contribution in [-0.4, -0.2) is 131 Å². The van der Waals surface area contributed by atoms with Crippen LogP contribution in [-0.2, 0) is 38.4 Å². The van der Waals surface area contributed by atoms with E-state index in [1.807, 2.05) is 0 Å². The summed E-state index contributed by atoms with van der Waals surface area (Å²) in [4.78, 5) is 107. The van der Waals surface area contributed by atoms with Gasteiger partial charge in [0, 0.05) is 25.9 Å². The van der Waals surface area contributed by atoms with Crippen LogP contribution < -0.4 is 61.0 Å². The van der Waals surface area contributed by atoms with Crippen LogP contribution >= 0.6 is 11.8 Å². The molecule has 0 aromatic carbocycles. The van der Waals surface area contributed by atoms with E-state index in [-0.39, 0.29) is 82.8 Å². The Kier molecular flexibility index (Phi) is 23.7. The zero-order valence-electron chi connectivity index (χ0n) is 29.5. The maximum Gasteiger partial charge on any atom is 0.326 e. The van der Waals surface area contributed by atoms with E-state index in [2.05, 4.69) is 36.6 Å². The summed E-state index contributed by atoms with van der Waals surface area (Å²) in [5.74, 6) is -7.61. The molecule has 0 saturated heterocycles. The molecule has 0 aliphatic heterocycles. The highest BCUT2D eigenvalue weighted by Gasteiger charge is 2.31. The Morgan fingerprint density at radius 1 is 0.623 bits per heavy atom.